The number of hydrogen-bond acceptors (Lipinski definition) is 8. The third-order valence-electron chi connectivity index (χ3n) is 5.64. The smallest absolute Gasteiger partial charge is 0.296 e. The molecule has 3 aromatic rings. The average molecular weight is 479 g/mol. The summed E-state index contributed by atoms with van der Waals surface area (Å²) >= 11 is 6.41. The molecule has 33 heavy (non-hydrogen) atoms. The number of anilines is 2. The lowest BCUT2D eigenvalue weighted by atomic mass is 10.0. The Hall–Kier alpha value is -3.11. The van der Waals surface area contributed by atoms with Gasteiger partial charge in [-0.1, -0.05) is 11.6 Å². The van der Waals surface area contributed by atoms with Crippen LogP contribution in [0.2, 0.25) is 5.02 Å². The molecule has 0 radical (unpaired) electrons. The van der Waals surface area contributed by atoms with Crippen molar-refractivity contribution in [2.75, 3.05) is 39.4 Å². The van der Waals surface area contributed by atoms with E-state index in [1.165, 1.54) is 13.4 Å². The second-order valence-electron chi connectivity index (χ2n) is 7.92. The minimum absolute atomic E-state index is 0.0612. The standard InChI is InChI=1S/C22H21ClF2N4O4/c1-29-6-5-17(22(24,25)9-29)33-16-8-12(30-2)7-14-18(16)21(27-10-26-14)28-19-13(23)3-4-15-20(19)32-11-31-15/h3-4,7-8,10,17H,5-6,9,11H2,1-2H3,(H,26,27,28)/t17-/m1/s1. The Kier molecular flexibility index (Phi) is 5.49. The molecule has 0 spiro atoms. The minimum atomic E-state index is -3.03. The molecule has 0 unspecified atom stereocenters. The van der Waals surface area contributed by atoms with Crippen LogP contribution in [-0.2, 0) is 0 Å². The quantitative estimate of drug-likeness (QED) is 0.575. The van der Waals surface area contributed by atoms with Crippen LogP contribution in [0.5, 0.6) is 23.0 Å². The monoisotopic (exact) mass is 478 g/mol. The van der Waals surface area contributed by atoms with Crippen molar-refractivity contribution in [3.05, 3.63) is 35.6 Å². The normalized spacial score (nSPS) is 19.5. The molecule has 5 rings (SSSR count). The van der Waals surface area contributed by atoms with E-state index in [2.05, 4.69) is 15.3 Å². The van der Waals surface area contributed by atoms with Gasteiger partial charge in [-0.3, -0.25) is 0 Å². The molecule has 2 aliphatic heterocycles. The van der Waals surface area contributed by atoms with E-state index in [0.29, 0.717) is 51.2 Å². The van der Waals surface area contributed by atoms with Gasteiger partial charge in [-0.15, -0.1) is 0 Å². The summed E-state index contributed by atoms with van der Waals surface area (Å²) in [6.07, 6.45) is 0.215. The van der Waals surface area contributed by atoms with Crippen molar-refractivity contribution in [2.24, 2.45) is 0 Å². The zero-order valence-corrected chi connectivity index (χ0v) is 18.7. The van der Waals surface area contributed by atoms with Crippen molar-refractivity contribution in [3.8, 4) is 23.0 Å². The summed E-state index contributed by atoms with van der Waals surface area (Å²) in [5, 5.41) is 3.95. The molecule has 0 amide bonds. The molecule has 1 N–H and O–H groups in total. The largest absolute Gasteiger partial charge is 0.497 e. The van der Waals surface area contributed by atoms with Crippen molar-refractivity contribution in [1.82, 2.24) is 14.9 Å². The fourth-order valence-electron chi connectivity index (χ4n) is 4.01. The first-order valence-corrected chi connectivity index (χ1v) is 10.6. The van der Waals surface area contributed by atoms with Crippen LogP contribution in [0.15, 0.2) is 30.6 Å². The van der Waals surface area contributed by atoms with E-state index in [-0.39, 0.29) is 25.5 Å². The van der Waals surface area contributed by atoms with Gasteiger partial charge in [0.1, 0.15) is 29.3 Å². The van der Waals surface area contributed by atoms with Gasteiger partial charge in [0.2, 0.25) is 6.79 Å². The summed E-state index contributed by atoms with van der Waals surface area (Å²) in [4.78, 5) is 10.2. The fourth-order valence-corrected chi connectivity index (χ4v) is 4.20. The molecule has 1 atom stereocenters. The zero-order chi connectivity index (χ0) is 23.2. The number of benzene rings is 2. The van der Waals surface area contributed by atoms with Crippen LogP contribution in [0.1, 0.15) is 6.42 Å². The van der Waals surface area contributed by atoms with Gasteiger partial charge in [0.05, 0.1) is 29.6 Å². The van der Waals surface area contributed by atoms with Gasteiger partial charge in [-0.05, 0) is 19.2 Å². The number of hydrogen-bond donors (Lipinski definition) is 1. The van der Waals surface area contributed by atoms with Crippen molar-refractivity contribution in [2.45, 2.75) is 18.4 Å². The Morgan fingerprint density at radius 3 is 2.88 bits per heavy atom. The number of nitrogens with zero attached hydrogens (tertiary/aromatic N) is 3. The highest BCUT2D eigenvalue weighted by Crippen LogP contribution is 2.46. The molecule has 1 aromatic heterocycles. The molecule has 2 aromatic carbocycles. The molecule has 1 fully saturated rings. The second-order valence-corrected chi connectivity index (χ2v) is 8.32. The highest BCUT2D eigenvalue weighted by atomic mass is 35.5. The van der Waals surface area contributed by atoms with E-state index in [1.54, 1.807) is 36.2 Å². The molecule has 11 heteroatoms. The summed E-state index contributed by atoms with van der Waals surface area (Å²) in [5.41, 5.74) is 0.900. The number of fused-ring (bicyclic) bond motifs is 2. The summed E-state index contributed by atoms with van der Waals surface area (Å²) in [7, 11) is 3.15. The van der Waals surface area contributed by atoms with Crippen LogP contribution in [0.4, 0.5) is 20.3 Å². The fraction of sp³-hybridized carbons (Fsp3) is 0.364. The molecule has 0 aliphatic carbocycles. The van der Waals surface area contributed by atoms with E-state index in [1.807, 2.05) is 0 Å². The molecule has 2 aliphatic rings. The van der Waals surface area contributed by atoms with Crippen molar-refractivity contribution in [3.63, 3.8) is 0 Å². The molecular formula is C22H21ClF2N4O4. The van der Waals surface area contributed by atoms with Crippen LogP contribution >= 0.6 is 11.6 Å². The Labute approximate surface area is 193 Å². The molecule has 3 heterocycles. The number of halogens is 3. The van der Waals surface area contributed by atoms with E-state index in [9.17, 15) is 8.78 Å². The summed E-state index contributed by atoms with van der Waals surface area (Å²) in [6, 6.07) is 6.61. The first kappa shape index (κ1) is 21.7. The van der Waals surface area contributed by atoms with Gasteiger partial charge >= 0.3 is 0 Å². The number of piperidine rings is 1. The molecule has 8 nitrogen and oxygen atoms in total. The molecule has 1 saturated heterocycles. The van der Waals surface area contributed by atoms with Gasteiger partial charge < -0.3 is 29.2 Å². The number of methoxy groups -OCH3 is 1. The Balaban J connectivity index is 1.59. The van der Waals surface area contributed by atoms with Gasteiger partial charge in [0, 0.05) is 25.1 Å². The molecule has 0 saturated carbocycles. The number of nitrogens with one attached hydrogen (secondary N) is 1. The van der Waals surface area contributed by atoms with E-state index in [4.69, 9.17) is 30.5 Å². The maximum atomic E-state index is 14.7. The van der Waals surface area contributed by atoms with Gasteiger partial charge in [-0.25, -0.2) is 18.7 Å². The average Bonchev–Trinajstić information content (AvgIpc) is 3.26. The summed E-state index contributed by atoms with van der Waals surface area (Å²) < 4.78 is 51.7. The maximum absolute atomic E-state index is 14.7. The van der Waals surface area contributed by atoms with Crippen LogP contribution in [0, 0.1) is 0 Å². The second kappa shape index (κ2) is 8.35. The predicted molar refractivity (Wildman–Crippen MR) is 118 cm³/mol. The topological polar surface area (TPSA) is 78.0 Å². The molecular weight excluding hydrogens is 458 g/mol. The first-order valence-electron chi connectivity index (χ1n) is 10.3. The third kappa shape index (κ3) is 4.04. The van der Waals surface area contributed by atoms with Gasteiger partial charge in [-0.2, -0.15) is 0 Å². The Bertz CT molecular complexity index is 1210. The predicted octanol–water partition coefficient (Wildman–Crippen LogP) is 4.48. The molecule has 0 bridgehead atoms. The lowest BCUT2D eigenvalue weighted by Gasteiger charge is -2.36. The molecule has 174 valence electrons. The van der Waals surface area contributed by atoms with E-state index in [0.717, 1.165) is 0 Å². The minimum Gasteiger partial charge on any atom is -0.497 e. The lowest BCUT2D eigenvalue weighted by molar-refractivity contribution is -0.134. The third-order valence-corrected chi connectivity index (χ3v) is 5.95. The SMILES string of the molecule is COc1cc(O[C@@H]2CCN(C)CC2(F)F)c2c(Nc3c(Cl)ccc4c3OCO4)ncnc2c1. The lowest BCUT2D eigenvalue weighted by Crippen LogP contribution is -2.52. The van der Waals surface area contributed by atoms with Crippen LogP contribution in [-0.4, -0.2) is 60.9 Å². The number of likely N-dealkylation sites (tertiary alicyclic amines) is 1. The Morgan fingerprint density at radius 1 is 1.24 bits per heavy atom. The number of alkyl halides is 2. The van der Waals surface area contributed by atoms with Crippen molar-refractivity contribution in [1.29, 1.82) is 0 Å². The summed E-state index contributed by atoms with van der Waals surface area (Å²) in [5.74, 6) is -1.13. The van der Waals surface area contributed by atoms with Crippen LogP contribution in [0.3, 0.4) is 0 Å². The van der Waals surface area contributed by atoms with E-state index >= 15 is 0 Å². The number of aromatic nitrogens is 2. The van der Waals surface area contributed by atoms with Crippen LogP contribution in [0.25, 0.3) is 10.9 Å². The number of ether oxygens (including phenoxy) is 4. The summed E-state index contributed by atoms with van der Waals surface area (Å²) in [6.45, 7) is 0.169. The van der Waals surface area contributed by atoms with Gasteiger partial charge in [0.15, 0.2) is 17.6 Å². The highest BCUT2D eigenvalue weighted by molar-refractivity contribution is 6.34. The highest BCUT2D eigenvalue weighted by Gasteiger charge is 2.45. The van der Waals surface area contributed by atoms with Crippen molar-refractivity contribution < 1.29 is 27.7 Å². The number of rotatable bonds is 5. The van der Waals surface area contributed by atoms with Crippen LogP contribution < -0.4 is 24.3 Å². The first-order chi connectivity index (χ1) is 15.9. The Morgan fingerprint density at radius 2 is 2.09 bits per heavy atom. The zero-order valence-electron chi connectivity index (χ0n) is 17.9. The van der Waals surface area contributed by atoms with E-state index < -0.39 is 12.0 Å². The van der Waals surface area contributed by atoms with Crippen molar-refractivity contribution >= 4 is 34.0 Å². The van der Waals surface area contributed by atoms with Gasteiger partial charge in [0.25, 0.3) is 5.92 Å². The maximum Gasteiger partial charge on any atom is 0.296 e.